The zero-order chi connectivity index (χ0) is 18.8. The molecule has 0 bridgehead atoms. The number of ether oxygens (including phenoxy) is 3. The molecule has 3 rings (SSSR count). The van der Waals surface area contributed by atoms with Gasteiger partial charge >= 0.3 is 0 Å². The molecule has 1 aromatic carbocycles. The molecule has 0 aromatic heterocycles. The Morgan fingerprint density at radius 1 is 1.42 bits per heavy atom. The van der Waals surface area contributed by atoms with E-state index in [2.05, 4.69) is 21.2 Å². The van der Waals surface area contributed by atoms with Gasteiger partial charge < -0.3 is 34.4 Å². The highest BCUT2D eigenvalue weighted by molar-refractivity contribution is 9.10. The van der Waals surface area contributed by atoms with Gasteiger partial charge in [-0.15, -0.1) is 0 Å². The van der Waals surface area contributed by atoms with Crippen LogP contribution in [0.15, 0.2) is 39.7 Å². The van der Waals surface area contributed by atoms with Gasteiger partial charge in [-0.2, -0.15) is 0 Å². The number of aliphatic hydroxyl groups excluding tert-OH is 1. The second-order valence-electron chi connectivity index (χ2n) is 5.94. The van der Waals surface area contributed by atoms with Gasteiger partial charge in [0.15, 0.2) is 5.82 Å². The van der Waals surface area contributed by atoms with Crippen molar-refractivity contribution in [2.75, 3.05) is 38.9 Å². The van der Waals surface area contributed by atoms with E-state index in [-0.39, 0.29) is 11.9 Å². The molecule has 2 aliphatic heterocycles. The first kappa shape index (κ1) is 19.0. The smallest absolute Gasteiger partial charge is 0.234 e. The lowest BCUT2D eigenvalue weighted by Gasteiger charge is -2.38. The van der Waals surface area contributed by atoms with Crippen LogP contribution in [0.4, 0.5) is 5.69 Å². The maximum atomic E-state index is 10.9. The van der Waals surface area contributed by atoms with Crippen molar-refractivity contribution in [3.05, 3.63) is 39.7 Å². The van der Waals surface area contributed by atoms with E-state index in [0.717, 1.165) is 10.2 Å². The molecule has 1 aromatic rings. The van der Waals surface area contributed by atoms with Crippen LogP contribution in [0, 0.1) is 0 Å². The Labute approximate surface area is 165 Å². The normalized spacial score (nSPS) is 18.0. The third kappa shape index (κ3) is 3.54. The first-order chi connectivity index (χ1) is 12.5. The minimum atomic E-state index is -0.0920. The molecule has 2 aliphatic rings. The molecule has 0 unspecified atom stereocenters. The Balaban J connectivity index is 2.03. The third-order valence-corrected chi connectivity index (χ3v) is 4.98. The second-order valence-corrected chi connectivity index (χ2v) is 7.20. The number of anilines is 1. The van der Waals surface area contributed by atoms with Gasteiger partial charge in [-0.25, -0.2) is 0 Å². The van der Waals surface area contributed by atoms with E-state index in [1.54, 1.807) is 25.3 Å². The Bertz CT molecular complexity index is 756. The summed E-state index contributed by atoms with van der Waals surface area (Å²) in [5.74, 6) is 1.89. The van der Waals surface area contributed by atoms with Gasteiger partial charge in [0.2, 0.25) is 5.88 Å². The molecule has 26 heavy (non-hydrogen) atoms. The van der Waals surface area contributed by atoms with E-state index in [0.29, 0.717) is 42.2 Å². The van der Waals surface area contributed by atoms with Crippen LogP contribution in [0.25, 0.3) is 0 Å². The van der Waals surface area contributed by atoms with E-state index in [1.807, 2.05) is 24.0 Å². The maximum Gasteiger partial charge on any atom is 0.234 e. The lowest BCUT2D eigenvalue weighted by Crippen LogP contribution is -2.44. The summed E-state index contributed by atoms with van der Waals surface area (Å²) in [6.07, 6.45) is 1.65. The average Bonchev–Trinajstić information content (AvgIpc) is 2.62. The number of fused-ring (bicyclic) bond motifs is 1. The summed E-state index contributed by atoms with van der Waals surface area (Å²) in [7, 11) is 3.22. The van der Waals surface area contributed by atoms with E-state index in [4.69, 9.17) is 25.8 Å². The minimum absolute atomic E-state index is 0.0644. The molecule has 0 saturated heterocycles. The Kier molecular flexibility index (Phi) is 5.74. The van der Waals surface area contributed by atoms with Gasteiger partial charge in [-0.1, -0.05) is 11.6 Å². The highest BCUT2D eigenvalue weighted by Crippen LogP contribution is 2.43. The quantitative estimate of drug-likeness (QED) is 0.673. The fourth-order valence-electron chi connectivity index (χ4n) is 2.97. The van der Waals surface area contributed by atoms with Crippen molar-refractivity contribution in [1.29, 1.82) is 0 Å². The van der Waals surface area contributed by atoms with Crippen LogP contribution in [0.2, 0.25) is 0 Å². The van der Waals surface area contributed by atoms with Gasteiger partial charge in [-0.3, -0.25) is 0 Å². The number of hydrogen-bond acceptors (Lipinski definition) is 7. The average molecular weight is 447 g/mol. The van der Waals surface area contributed by atoms with Crippen LogP contribution in [-0.4, -0.2) is 50.0 Å². The monoisotopic (exact) mass is 445 g/mol. The Hall–Kier alpha value is -1.77. The molecule has 7 nitrogen and oxygen atoms in total. The molecule has 1 atom stereocenters. The van der Waals surface area contributed by atoms with Gasteiger partial charge in [-0.05, 0) is 28.9 Å². The maximum absolute atomic E-state index is 10.9. The molecular formula is C17H21BrClN3O4. The van der Waals surface area contributed by atoms with Gasteiger partial charge in [0.1, 0.15) is 23.3 Å². The van der Waals surface area contributed by atoms with Crippen molar-refractivity contribution < 1.29 is 19.3 Å². The molecule has 2 N–H and O–H groups in total. The van der Waals surface area contributed by atoms with E-state index in [1.165, 1.54) is 0 Å². The largest absolute Gasteiger partial charge is 0.497 e. The summed E-state index contributed by atoms with van der Waals surface area (Å²) in [4.78, 5) is 3.61. The molecule has 142 valence electrons. The van der Waals surface area contributed by atoms with Crippen molar-refractivity contribution in [3.63, 3.8) is 0 Å². The molecule has 0 radical (unpaired) electrons. The highest BCUT2D eigenvalue weighted by Gasteiger charge is 2.32. The van der Waals surface area contributed by atoms with Gasteiger partial charge in [0.05, 0.1) is 32.0 Å². The molecule has 9 heteroatoms. The van der Waals surface area contributed by atoms with Crippen LogP contribution in [0.3, 0.4) is 0 Å². The Morgan fingerprint density at radius 2 is 2.19 bits per heavy atom. The summed E-state index contributed by atoms with van der Waals surface area (Å²) in [6.45, 7) is 3.39. The lowest BCUT2D eigenvalue weighted by molar-refractivity contribution is 0.109. The number of hydrogen-bond donors (Lipinski definition) is 2. The van der Waals surface area contributed by atoms with Crippen LogP contribution >= 0.6 is 27.5 Å². The number of benzene rings is 1. The van der Waals surface area contributed by atoms with Crippen LogP contribution in [-0.2, 0) is 4.74 Å². The van der Waals surface area contributed by atoms with E-state index >= 15 is 0 Å². The van der Waals surface area contributed by atoms with Crippen LogP contribution in [0.5, 0.6) is 11.5 Å². The zero-order valence-corrected chi connectivity index (χ0v) is 17.1. The standard InChI is InChI=1S/C17H21BrClN3O4/c1-10(9-24-2)22-8-14(19)20-16(17(22)23)21-4-5-26-13-7-11(25-3)6-12(18)15(13)21/h6-8,10,20,23H,4-5,9H2,1-3H3/t10-/m0/s1. The summed E-state index contributed by atoms with van der Waals surface area (Å²) < 4.78 is 17.1. The molecule has 0 amide bonds. The van der Waals surface area contributed by atoms with Gasteiger partial charge in [0.25, 0.3) is 0 Å². The zero-order valence-electron chi connectivity index (χ0n) is 14.8. The molecule has 0 fully saturated rings. The van der Waals surface area contributed by atoms with Crippen LogP contribution < -0.4 is 19.7 Å². The van der Waals surface area contributed by atoms with Crippen molar-refractivity contribution in [2.24, 2.45) is 0 Å². The summed E-state index contributed by atoms with van der Waals surface area (Å²) in [5, 5.41) is 14.3. The molecule has 0 aliphatic carbocycles. The predicted octanol–water partition coefficient (Wildman–Crippen LogP) is 3.32. The van der Waals surface area contributed by atoms with Crippen molar-refractivity contribution in [1.82, 2.24) is 10.2 Å². The first-order valence-corrected chi connectivity index (χ1v) is 9.26. The number of rotatable bonds is 5. The Morgan fingerprint density at radius 3 is 2.88 bits per heavy atom. The molecule has 2 heterocycles. The summed E-state index contributed by atoms with van der Waals surface area (Å²) in [5.41, 5.74) is 0.789. The topological polar surface area (TPSA) is 66.4 Å². The number of methoxy groups -OCH3 is 2. The number of halogens is 2. The number of nitrogens with one attached hydrogen (secondary N) is 1. The summed E-state index contributed by atoms with van der Waals surface area (Å²) >= 11 is 9.85. The fourth-order valence-corrected chi connectivity index (χ4v) is 3.80. The fraction of sp³-hybridized carbons (Fsp3) is 0.412. The number of aliphatic hydroxyl groups is 1. The molecule has 0 saturated carbocycles. The van der Waals surface area contributed by atoms with Crippen molar-refractivity contribution in [2.45, 2.75) is 13.0 Å². The summed E-state index contributed by atoms with van der Waals surface area (Å²) in [6, 6.07) is 3.57. The lowest BCUT2D eigenvalue weighted by atomic mass is 10.2. The van der Waals surface area contributed by atoms with E-state index < -0.39 is 0 Å². The second kappa shape index (κ2) is 7.85. The minimum Gasteiger partial charge on any atom is -0.497 e. The van der Waals surface area contributed by atoms with Gasteiger partial charge in [0, 0.05) is 23.8 Å². The van der Waals surface area contributed by atoms with Crippen LogP contribution in [0.1, 0.15) is 6.92 Å². The van der Waals surface area contributed by atoms with E-state index in [9.17, 15) is 5.11 Å². The van der Waals surface area contributed by atoms with Crippen molar-refractivity contribution >= 4 is 33.2 Å². The van der Waals surface area contributed by atoms with Crippen molar-refractivity contribution in [3.8, 4) is 11.5 Å². The predicted molar refractivity (Wildman–Crippen MR) is 103 cm³/mol. The first-order valence-electron chi connectivity index (χ1n) is 8.09. The molecular weight excluding hydrogens is 426 g/mol. The highest BCUT2D eigenvalue weighted by atomic mass is 79.9. The SMILES string of the molecule is COC[C@H](C)N1C=C(Cl)NC(N2CCOc3cc(OC)cc(Br)c32)=C1O. The third-order valence-electron chi connectivity index (χ3n) is 4.18. The molecule has 0 spiro atoms. The number of nitrogens with zero attached hydrogens (tertiary/aromatic N) is 2.